The molecule has 6 heteroatoms. The summed E-state index contributed by atoms with van der Waals surface area (Å²) in [6, 6.07) is 2.06. The van der Waals surface area contributed by atoms with Gasteiger partial charge in [-0.2, -0.15) is 0 Å². The number of hydrogen-bond donors (Lipinski definition) is 0. The molecule has 0 N–H and O–H groups in total. The van der Waals surface area contributed by atoms with Gasteiger partial charge in [-0.05, 0) is 139 Å². The van der Waals surface area contributed by atoms with Crippen molar-refractivity contribution in [2.75, 3.05) is 0 Å². The van der Waals surface area contributed by atoms with Gasteiger partial charge in [0.15, 0.2) is 22.4 Å². The van der Waals surface area contributed by atoms with E-state index in [1.165, 1.54) is 48.8 Å². The van der Waals surface area contributed by atoms with Gasteiger partial charge in [0.1, 0.15) is 0 Å². The molecule has 6 atom stereocenters. The highest BCUT2D eigenvalue weighted by atomic mass is 32.1. The van der Waals surface area contributed by atoms with Crippen molar-refractivity contribution in [2.45, 2.75) is 169 Å². The van der Waals surface area contributed by atoms with Crippen molar-refractivity contribution in [2.24, 2.45) is 23.2 Å². The maximum absolute atomic E-state index is 12.9. The van der Waals surface area contributed by atoms with Gasteiger partial charge in [0.05, 0.1) is 17.1 Å². The average Bonchev–Trinajstić information content (AvgIpc) is 3.54. The van der Waals surface area contributed by atoms with Crippen LogP contribution in [0.15, 0.2) is 46.9 Å². The minimum atomic E-state index is -1.99. The first kappa shape index (κ1) is 38.7. The number of rotatable bonds is 10. The summed E-state index contributed by atoms with van der Waals surface area (Å²) >= 11 is 1.60. The molecule has 1 heterocycles. The zero-order chi connectivity index (χ0) is 35.2. The molecule has 0 amide bonds. The van der Waals surface area contributed by atoms with Crippen molar-refractivity contribution in [3.05, 3.63) is 57.3 Å². The molecule has 3 fully saturated rings. The molecule has 47 heavy (non-hydrogen) atoms. The Bertz CT molecular complexity index is 1350. The van der Waals surface area contributed by atoms with Crippen LogP contribution in [-0.4, -0.2) is 34.6 Å². The van der Waals surface area contributed by atoms with Crippen molar-refractivity contribution in [1.82, 2.24) is 0 Å². The Hall–Kier alpha value is -1.06. The summed E-state index contributed by atoms with van der Waals surface area (Å²) in [6.45, 7) is 35.2. The first-order chi connectivity index (χ1) is 21.6. The van der Waals surface area contributed by atoms with Crippen LogP contribution in [0, 0.1) is 30.1 Å². The molecule has 3 aliphatic rings. The molecule has 1 aromatic heterocycles. The Balaban J connectivity index is 1.54. The Morgan fingerprint density at radius 2 is 1.70 bits per heavy atom. The van der Waals surface area contributed by atoms with Crippen LogP contribution in [0.3, 0.4) is 0 Å². The molecule has 0 aromatic carbocycles. The zero-order valence-electron chi connectivity index (χ0n) is 32.4. The lowest BCUT2D eigenvalue weighted by Crippen LogP contribution is -2.49. The molecular formula is C41H68O3SSi2. The molecule has 0 radical (unpaired) electrons. The van der Waals surface area contributed by atoms with E-state index >= 15 is 0 Å². The van der Waals surface area contributed by atoms with E-state index < -0.39 is 16.6 Å². The lowest BCUT2D eigenvalue weighted by Gasteiger charge is -2.46. The summed E-state index contributed by atoms with van der Waals surface area (Å²) in [6.07, 6.45) is 14.9. The number of allylic oxidation sites excluding steroid dienone is 3. The number of Topliss-reactive ketones (excluding diaryl/α,β-unsaturated/α-hetero) is 1. The summed E-state index contributed by atoms with van der Waals surface area (Å²) in [5.41, 5.74) is 5.64. The van der Waals surface area contributed by atoms with Crippen LogP contribution in [0.5, 0.6) is 0 Å². The second-order valence-electron chi connectivity index (χ2n) is 18.8. The van der Waals surface area contributed by atoms with Crippen molar-refractivity contribution in [3.63, 3.8) is 0 Å². The highest BCUT2D eigenvalue weighted by Crippen LogP contribution is 2.60. The van der Waals surface area contributed by atoms with Crippen LogP contribution < -0.4 is 0 Å². The molecule has 0 bridgehead atoms. The van der Waals surface area contributed by atoms with E-state index in [1.54, 1.807) is 16.9 Å². The van der Waals surface area contributed by atoms with Crippen LogP contribution in [0.2, 0.25) is 36.3 Å². The standard InChI is InChI=1S/C41H68O3SSi2/c1-28-24-38(45-27-28)36(42)22-17-29(2)34-20-21-35-31(16-15-23-41(34,35)10)18-19-32-25-33(43-46(11,12)39(4,5)6)26-37(30(32)3)44-47(13,14)40(7,8)9/h18-19,24,27,29,33-35,37H,3,15-17,20-23,25-26H2,1-2,4-14H3/t29-,33-,34-,35+,37+,41-/m1/s1. The first-order valence-electron chi connectivity index (χ1n) is 18.6. The number of ketones is 1. The molecule has 264 valence electrons. The second kappa shape index (κ2) is 14.3. The van der Waals surface area contributed by atoms with Crippen molar-refractivity contribution in [3.8, 4) is 0 Å². The van der Waals surface area contributed by atoms with Gasteiger partial charge in [0.25, 0.3) is 0 Å². The molecular weight excluding hydrogens is 629 g/mol. The first-order valence-corrected chi connectivity index (χ1v) is 25.3. The third-order valence-electron chi connectivity index (χ3n) is 13.3. The van der Waals surface area contributed by atoms with E-state index in [0.717, 1.165) is 24.1 Å². The lowest BCUT2D eigenvalue weighted by atomic mass is 9.60. The van der Waals surface area contributed by atoms with Gasteiger partial charge in [0.2, 0.25) is 0 Å². The summed E-state index contributed by atoms with van der Waals surface area (Å²) < 4.78 is 14.2. The second-order valence-corrected chi connectivity index (χ2v) is 29.2. The quantitative estimate of drug-likeness (QED) is 0.180. The summed E-state index contributed by atoms with van der Waals surface area (Å²) in [5.74, 6) is 2.19. The number of aryl methyl sites for hydroxylation is 1. The van der Waals surface area contributed by atoms with Crippen LogP contribution in [0.1, 0.15) is 128 Å². The minimum absolute atomic E-state index is 0.0122. The van der Waals surface area contributed by atoms with Crippen LogP contribution in [0.4, 0.5) is 0 Å². The Morgan fingerprint density at radius 1 is 1.06 bits per heavy atom. The molecule has 4 rings (SSSR count). The minimum Gasteiger partial charge on any atom is -0.413 e. The number of carbonyl (C=O) groups excluding carboxylic acids is 1. The van der Waals surface area contributed by atoms with Crippen LogP contribution >= 0.6 is 11.3 Å². The SMILES string of the molecule is C=C1C(=CC=C2CCC[C@]3(C)[C@@H]([C@H](C)CCC(=O)c4cc(C)cs4)CC[C@@H]23)C[C@@H](O[Si](C)(C)C(C)(C)C)C[C@@H]1O[Si](C)(C)C(C)(C)C. The third-order valence-corrected chi connectivity index (χ3v) is 23.4. The van der Waals surface area contributed by atoms with E-state index in [9.17, 15) is 4.79 Å². The van der Waals surface area contributed by atoms with E-state index in [4.69, 9.17) is 8.85 Å². The lowest BCUT2D eigenvalue weighted by molar-refractivity contribution is 0.0857. The number of hydrogen-bond acceptors (Lipinski definition) is 4. The van der Waals surface area contributed by atoms with Gasteiger partial charge in [-0.3, -0.25) is 4.79 Å². The highest BCUT2D eigenvalue weighted by Gasteiger charge is 2.51. The van der Waals surface area contributed by atoms with E-state index in [-0.39, 0.29) is 22.3 Å². The summed E-state index contributed by atoms with van der Waals surface area (Å²) in [5, 5.41) is 2.41. The Labute approximate surface area is 295 Å². The fourth-order valence-corrected chi connectivity index (χ4v) is 11.8. The predicted molar refractivity (Wildman–Crippen MR) is 209 cm³/mol. The number of thiophene rings is 1. The normalized spacial score (nSPS) is 30.2. The number of carbonyl (C=O) groups is 1. The monoisotopic (exact) mass is 696 g/mol. The largest absolute Gasteiger partial charge is 0.413 e. The van der Waals surface area contributed by atoms with E-state index in [1.807, 2.05) is 0 Å². The van der Waals surface area contributed by atoms with Gasteiger partial charge in [-0.15, -0.1) is 11.3 Å². The van der Waals surface area contributed by atoms with Crippen LogP contribution in [-0.2, 0) is 8.85 Å². The molecule has 0 spiro atoms. The van der Waals surface area contributed by atoms with Crippen LogP contribution in [0.25, 0.3) is 0 Å². The predicted octanol–water partition coefficient (Wildman–Crippen LogP) is 12.9. The molecule has 1 aromatic rings. The van der Waals surface area contributed by atoms with E-state index in [0.29, 0.717) is 35.4 Å². The third kappa shape index (κ3) is 8.64. The van der Waals surface area contributed by atoms with Gasteiger partial charge >= 0.3 is 0 Å². The summed E-state index contributed by atoms with van der Waals surface area (Å²) in [4.78, 5) is 13.9. The zero-order valence-corrected chi connectivity index (χ0v) is 35.2. The molecule has 3 saturated carbocycles. The summed E-state index contributed by atoms with van der Waals surface area (Å²) in [7, 11) is -3.93. The Morgan fingerprint density at radius 3 is 2.30 bits per heavy atom. The average molecular weight is 697 g/mol. The molecule has 3 aliphatic carbocycles. The molecule has 3 nitrogen and oxygen atoms in total. The maximum Gasteiger partial charge on any atom is 0.192 e. The maximum atomic E-state index is 12.9. The van der Waals surface area contributed by atoms with Gasteiger partial charge < -0.3 is 8.85 Å². The van der Waals surface area contributed by atoms with Crippen molar-refractivity contribution >= 4 is 33.8 Å². The molecule has 0 saturated heterocycles. The molecule has 0 aliphatic heterocycles. The van der Waals surface area contributed by atoms with Gasteiger partial charge in [-0.25, -0.2) is 0 Å². The van der Waals surface area contributed by atoms with E-state index in [2.05, 4.69) is 119 Å². The fourth-order valence-electron chi connectivity index (χ4n) is 8.24. The fraction of sp³-hybridized carbons (Fsp3) is 0.732. The van der Waals surface area contributed by atoms with Gasteiger partial charge in [-0.1, -0.05) is 79.7 Å². The van der Waals surface area contributed by atoms with Crippen molar-refractivity contribution < 1.29 is 13.6 Å². The van der Waals surface area contributed by atoms with Crippen molar-refractivity contribution in [1.29, 1.82) is 0 Å². The molecule has 0 unspecified atom stereocenters. The highest BCUT2D eigenvalue weighted by molar-refractivity contribution is 7.12. The number of fused-ring (bicyclic) bond motifs is 1. The smallest absolute Gasteiger partial charge is 0.192 e. The Kier molecular flexibility index (Phi) is 11.8. The topological polar surface area (TPSA) is 35.5 Å². The van der Waals surface area contributed by atoms with Gasteiger partial charge in [0, 0.05) is 12.8 Å².